The summed E-state index contributed by atoms with van der Waals surface area (Å²) in [6.45, 7) is 8.48. The van der Waals surface area contributed by atoms with E-state index in [0.29, 0.717) is 5.69 Å². The molecule has 1 aromatic carbocycles. The van der Waals surface area contributed by atoms with Crippen LogP contribution in [0.15, 0.2) is 24.3 Å². The number of carbonyl (C=O) groups is 3. The van der Waals surface area contributed by atoms with Crippen molar-refractivity contribution in [2.45, 2.75) is 65.3 Å². The minimum Gasteiger partial charge on any atom is -0.445 e. The fourth-order valence-corrected chi connectivity index (χ4v) is 3.50. The standard InChI is InChI=1S/C22H34N4O4/c1-14(2)19(23-5)21(28)24-16(4)20(27)25-18-10-8-17(9-11-18)13-30-22(29)26-12-6-7-15(26)3/h8-11,14-16,19,23H,6-7,12-13H2,1-5H3,(H,24,28)(H,25,27)/t15-,16+,19?/m1/s1. The van der Waals surface area contributed by atoms with Gasteiger partial charge in [-0.25, -0.2) is 4.79 Å². The van der Waals surface area contributed by atoms with Gasteiger partial charge in [0.1, 0.15) is 12.6 Å². The summed E-state index contributed by atoms with van der Waals surface area (Å²) in [6.07, 6.45) is 1.73. The predicted molar refractivity (Wildman–Crippen MR) is 116 cm³/mol. The summed E-state index contributed by atoms with van der Waals surface area (Å²) in [4.78, 5) is 38.5. The zero-order valence-electron chi connectivity index (χ0n) is 18.5. The van der Waals surface area contributed by atoms with Crippen molar-refractivity contribution in [3.8, 4) is 0 Å². The van der Waals surface area contributed by atoms with E-state index in [4.69, 9.17) is 4.74 Å². The summed E-state index contributed by atoms with van der Waals surface area (Å²) in [5.74, 6) is -0.399. The first-order chi connectivity index (χ1) is 14.2. The number of likely N-dealkylation sites (tertiary alicyclic amines) is 1. The molecule has 2 rings (SSSR count). The number of benzene rings is 1. The molecule has 1 unspecified atom stereocenters. The van der Waals surface area contributed by atoms with E-state index in [0.717, 1.165) is 24.9 Å². The lowest BCUT2D eigenvalue weighted by Crippen LogP contribution is -2.51. The van der Waals surface area contributed by atoms with Crippen LogP contribution in [-0.2, 0) is 20.9 Å². The average Bonchev–Trinajstić information content (AvgIpc) is 3.13. The largest absolute Gasteiger partial charge is 0.445 e. The predicted octanol–water partition coefficient (Wildman–Crippen LogP) is 2.49. The Labute approximate surface area is 178 Å². The van der Waals surface area contributed by atoms with Crippen LogP contribution in [0.3, 0.4) is 0 Å². The summed E-state index contributed by atoms with van der Waals surface area (Å²) in [5.41, 5.74) is 1.45. The number of anilines is 1. The zero-order valence-corrected chi connectivity index (χ0v) is 18.5. The monoisotopic (exact) mass is 418 g/mol. The summed E-state index contributed by atoms with van der Waals surface area (Å²) in [5, 5.41) is 8.48. The fourth-order valence-electron chi connectivity index (χ4n) is 3.50. The first-order valence-electron chi connectivity index (χ1n) is 10.5. The zero-order chi connectivity index (χ0) is 22.3. The Hall–Kier alpha value is -2.61. The number of nitrogens with one attached hydrogen (secondary N) is 3. The van der Waals surface area contributed by atoms with E-state index >= 15 is 0 Å². The topological polar surface area (TPSA) is 99.8 Å². The summed E-state index contributed by atoms with van der Waals surface area (Å²) < 4.78 is 5.38. The highest BCUT2D eigenvalue weighted by atomic mass is 16.6. The number of amides is 3. The van der Waals surface area contributed by atoms with Gasteiger partial charge in [0.25, 0.3) is 0 Å². The van der Waals surface area contributed by atoms with Crippen molar-refractivity contribution in [1.29, 1.82) is 0 Å². The lowest BCUT2D eigenvalue weighted by atomic mass is 10.0. The van der Waals surface area contributed by atoms with Crippen molar-refractivity contribution in [2.75, 3.05) is 18.9 Å². The van der Waals surface area contributed by atoms with Crippen LogP contribution in [0.2, 0.25) is 0 Å². The quantitative estimate of drug-likeness (QED) is 0.602. The molecule has 1 aliphatic heterocycles. The van der Waals surface area contributed by atoms with E-state index < -0.39 is 6.04 Å². The minimum absolute atomic E-state index is 0.112. The molecule has 0 bridgehead atoms. The maximum absolute atomic E-state index is 12.4. The second kappa shape index (κ2) is 11.0. The molecule has 0 aromatic heterocycles. The number of likely N-dealkylation sites (N-methyl/N-ethyl adjacent to an activating group) is 1. The van der Waals surface area contributed by atoms with Crippen molar-refractivity contribution >= 4 is 23.6 Å². The van der Waals surface area contributed by atoms with Gasteiger partial charge in [0, 0.05) is 18.3 Å². The highest BCUT2D eigenvalue weighted by Crippen LogP contribution is 2.18. The fraction of sp³-hybridized carbons (Fsp3) is 0.591. The second-order valence-electron chi connectivity index (χ2n) is 8.17. The van der Waals surface area contributed by atoms with Gasteiger partial charge in [-0.2, -0.15) is 0 Å². The lowest BCUT2D eigenvalue weighted by Gasteiger charge is -2.22. The van der Waals surface area contributed by atoms with Gasteiger partial charge in [-0.3, -0.25) is 9.59 Å². The van der Waals surface area contributed by atoms with Crippen LogP contribution in [0, 0.1) is 5.92 Å². The van der Waals surface area contributed by atoms with E-state index in [1.807, 2.05) is 20.8 Å². The summed E-state index contributed by atoms with van der Waals surface area (Å²) in [7, 11) is 1.72. The first-order valence-corrected chi connectivity index (χ1v) is 10.5. The molecule has 3 amide bonds. The molecule has 166 valence electrons. The van der Waals surface area contributed by atoms with Crippen molar-refractivity contribution in [1.82, 2.24) is 15.5 Å². The first kappa shape index (κ1) is 23.7. The molecular weight excluding hydrogens is 384 g/mol. The Kier molecular flexibility index (Phi) is 8.65. The van der Waals surface area contributed by atoms with E-state index in [1.54, 1.807) is 43.1 Å². The Bertz CT molecular complexity index is 735. The summed E-state index contributed by atoms with van der Waals surface area (Å²) >= 11 is 0. The Morgan fingerprint density at radius 1 is 1.13 bits per heavy atom. The number of carbonyl (C=O) groups excluding carboxylic acids is 3. The van der Waals surface area contributed by atoms with Crippen molar-refractivity contribution < 1.29 is 19.1 Å². The van der Waals surface area contributed by atoms with Crippen LogP contribution in [-0.4, -0.2) is 54.5 Å². The van der Waals surface area contributed by atoms with E-state index in [9.17, 15) is 14.4 Å². The second-order valence-corrected chi connectivity index (χ2v) is 8.17. The van der Waals surface area contributed by atoms with Crippen LogP contribution in [0.1, 0.15) is 46.1 Å². The highest BCUT2D eigenvalue weighted by molar-refractivity contribution is 5.97. The molecule has 1 saturated heterocycles. The maximum Gasteiger partial charge on any atom is 0.410 e. The lowest BCUT2D eigenvalue weighted by molar-refractivity contribution is -0.128. The van der Waals surface area contributed by atoms with E-state index in [1.165, 1.54) is 0 Å². The SMILES string of the molecule is CNC(C(=O)N[C@@H](C)C(=O)Nc1ccc(COC(=O)N2CCC[C@H]2C)cc1)C(C)C. The number of hydrogen-bond acceptors (Lipinski definition) is 5. The smallest absolute Gasteiger partial charge is 0.410 e. The highest BCUT2D eigenvalue weighted by Gasteiger charge is 2.26. The van der Waals surface area contributed by atoms with Crippen molar-refractivity contribution in [2.24, 2.45) is 5.92 Å². The van der Waals surface area contributed by atoms with Crippen molar-refractivity contribution in [3.05, 3.63) is 29.8 Å². The Morgan fingerprint density at radius 2 is 1.80 bits per heavy atom. The molecule has 0 aliphatic carbocycles. The van der Waals surface area contributed by atoms with Gasteiger partial charge in [-0.05, 0) is 57.4 Å². The third kappa shape index (κ3) is 6.45. The average molecular weight is 419 g/mol. The molecule has 1 fully saturated rings. The third-order valence-corrected chi connectivity index (χ3v) is 5.38. The van der Waals surface area contributed by atoms with E-state index in [2.05, 4.69) is 16.0 Å². The number of hydrogen-bond donors (Lipinski definition) is 3. The molecular formula is C22H34N4O4. The Balaban J connectivity index is 1.82. The molecule has 1 aromatic rings. The normalized spacial score (nSPS) is 18.1. The van der Waals surface area contributed by atoms with Gasteiger partial charge in [-0.1, -0.05) is 26.0 Å². The third-order valence-electron chi connectivity index (χ3n) is 5.38. The molecule has 0 spiro atoms. The van der Waals surface area contributed by atoms with Crippen molar-refractivity contribution in [3.63, 3.8) is 0 Å². The van der Waals surface area contributed by atoms with Crippen LogP contribution >= 0.6 is 0 Å². The molecule has 1 heterocycles. The number of rotatable bonds is 8. The molecule has 8 heteroatoms. The molecule has 1 aliphatic rings. The van der Waals surface area contributed by atoms with Gasteiger partial charge >= 0.3 is 6.09 Å². The van der Waals surface area contributed by atoms with Gasteiger partial charge in [0.05, 0.1) is 6.04 Å². The van der Waals surface area contributed by atoms with Gasteiger partial charge in [-0.15, -0.1) is 0 Å². The van der Waals surface area contributed by atoms with Gasteiger partial charge in [0.2, 0.25) is 11.8 Å². The molecule has 3 atom stereocenters. The van der Waals surface area contributed by atoms with E-state index in [-0.39, 0.29) is 42.5 Å². The minimum atomic E-state index is -0.671. The molecule has 3 N–H and O–H groups in total. The Morgan fingerprint density at radius 3 is 2.33 bits per heavy atom. The van der Waals surface area contributed by atoms with Crippen LogP contribution in [0.4, 0.5) is 10.5 Å². The molecule has 0 saturated carbocycles. The van der Waals surface area contributed by atoms with Crippen LogP contribution in [0.25, 0.3) is 0 Å². The van der Waals surface area contributed by atoms with Gasteiger partial charge in [0.15, 0.2) is 0 Å². The molecule has 8 nitrogen and oxygen atoms in total. The molecule has 30 heavy (non-hydrogen) atoms. The van der Waals surface area contributed by atoms with Gasteiger partial charge < -0.3 is 25.6 Å². The van der Waals surface area contributed by atoms with Crippen LogP contribution in [0.5, 0.6) is 0 Å². The molecule has 0 radical (unpaired) electrons. The summed E-state index contributed by atoms with van der Waals surface area (Å²) in [6, 6.07) is 6.30. The maximum atomic E-state index is 12.4. The number of nitrogens with zero attached hydrogens (tertiary/aromatic N) is 1. The number of ether oxygens (including phenoxy) is 1. The van der Waals surface area contributed by atoms with Crippen LogP contribution < -0.4 is 16.0 Å².